The van der Waals surface area contributed by atoms with Crippen LogP contribution in [0.4, 0.5) is 0 Å². The van der Waals surface area contributed by atoms with Gasteiger partial charge in [0.2, 0.25) is 11.8 Å². The lowest BCUT2D eigenvalue weighted by Gasteiger charge is -2.32. The summed E-state index contributed by atoms with van der Waals surface area (Å²) in [6, 6.07) is 8.45. The van der Waals surface area contributed by atoms with Gasteiger partial charge in [-0.25, -0.2) is 9.67 Å². The van der Waals surface area contributed by atoms with Crippen LogP contribution < -0.4 is 14.8 Å². The Morgan fingerprint density at radius 3 is 2.65 bits per heavy atom. The summed E-state index contributed by atoms with van der Waals surface area (Å²) in [6.07, 6.45) is 3.03. The molecule has 1 aliphatic heterocycles. The lowest BCUT2D eigenvalue weighted by Crippen LogP contribution is -2.44. The van der Waals surface area contributed by atoms with Gasteiger partial charge < -0.3 is 14.8 Å². The van der Waals surface area contributed by atoms with E-state index >= 15 is 0 Å². The van der Waals surface area contributed by atoms with Crippen LogP contribution in [-0.2, 0) is 24.8 Å². The molecule has 0 spiro atoms. The van der Waals surface area contributed by atoms with Crippen LogP contribution in [0, 0.1) is 13.8 Å². The van der Waals surface area contributed by atoms with Crippen LogP contribution in [0.15, 0.2) is 24.3 Å². The summed E-state index contributed by atoms with van der Waals surface area (Å²) < 4.78 is 12.5. The van der Waals surface area contributed by atoms with Crippen molar-refractivity contribution in [2.75, 3.05) is 27.3 Å². The van der Waals surface area contributed by atoms with Crippen molar-refractivity contribution < 1.29 is 14.3 Å². The van der Waals surface area contributed by atoms with Gasteiger partial charge in [-0.05, 0) is 61.9 Å². The number of rotatable bonds is 8. The Morgan fingerprint density at radius 1 is 1.18 bits per heavy atom. The molecule has 1 aliphatic rings. The number of hydrogen-bond donors (Lipinski definition) is 1. The van der Waals surface area contributed by atoms with E-state index < -0.39 is 0 Å². The molecule has 1 amide bonds. The first kappa shape index (κ1) is 24.0. The zero-order valence-electron chi connectivity index (χ0n) is 20.9. The number of aromatic nitrogens is 3. The first-order chi connectivity index (χ1) is 16.4. The van der Waals surface area contributed by atoms with Gasteiger partial charge in [-0.15, -0.1) is 5.10 Å². The number of carbonyl (C=O) groups excluding carboxylic acids is 1. The summed E-state index contributed by atoms with van der Waals surface area (Å²) in [7, 11) is 5.18. The summed E-state index contributed by atoms with van der Waals surface area (Å²) in [5.41, 5.74) is 5.19. The standard InChI is InChI=1S/C26H35N5O3/c1-17-22(18(2)27-25-24(17)26(34-5)29-30(25)3)9-10-23(32)28-20-11-13-31(14-12-20)16-19-7-6-8-21(15-19)33-4/h6-8,15,20H,9-14,16H2,1-5H3,(H,28,32). The largest absolute Gasteiger partial charge is 0.497 e. The second-order valence-corrected chi connectivity index (χ2v) is 9.10. The highest BCUT2D eigenvalue weighted by Gasteiger charge is 2.22. The number of fused-ring (bicyclic) bond motifs is 1. The Bertz CT molecular complexity index is 1160. The van der Waals surface area contributed by atoms with Crippen LogP contribution in [0.1, 0.15) is 41.6 Å². The molecule has 1 saturated heterocycles. The van der Waals surface area contributed by atoms with Crippen LogP contribution in [0.2, 0.25) is 0 Å². The van der Waals surface area contributed by atoms with Crippen molar-refractivity contribution in [1.29, 1.82) is 0 Å². The highest BCUT2D eigenvalue weighted by Crippen LogP contribution is 2.30. The number of nitrogens with one attached hydrogen (secondary N) is 1. The minimum Gasteiger partial charge on any atom is -0.497 e. The molecule has 34 heavy (non-hydrogen) atoms. The average Bonchev–Trinajstić information content (AvgIpc) is 3.15. The van der Waals surface area contributed by atoms with Crippen molar-refractivity contribution in [1.82, 2.24) is 25.0 Å². The third-order valence-corrected chi connectivity index (χ3v) is 6.81. The minimum absolute atomic E-state index is 0.100. The number of ether oxygens (including phenoxy) is 2. The van der Waals surface area contributed by atoms with Crippen molar-refractivity contribution in [2.24, 2.45) is 7.05 Å². The Labute approximate surface area is 201 Å². The van der Waals surface area contributed by atoms with Crippen LogP contribution in [0.25, 0.3) is 11.0 Å². The van der Waals surface area contributed by atoms with E-state index in [0.717, 1.165) is 66.1 Å². The molecule has 8 heteroatoms. The predicted octanol–water partition coefficient (Wildman–Crippen LogP) is 3.32. The molecular weight excluding hydrogens is 430 g/mol. The van der Waals surface area contributed by atoms with E-state index in [1.54, 1.807) is 18.9 Å². The van der Waals surface area contributed by atoms with Crippen molar-refractivity contribution in [3.05, 3.63) is 46.6 Å². The molecule has 0 unspecified atom stereocenters. The van der Waals surface area contributed by atoms with Gasteiger partial charge in [-0.2, -0.15) is 0 Å². The maximum atomic E-state index is 12.7. The number of likely N-dealkylation sites (tertiary alicyclic amines) is 1. The topological polar surface area (TPSA) is 81.5 Å². The third-order valence-electron chi connectivity index (χ3n) is 6.81. The van der Waals surface area contributed by atoms with E-state index in [1.165, 1.54) is 5.56 Å². The molecule has 3 heterocycles. The van der Waals surface area contributed by atoms with E-state index in [1.807, 2.05) is 26.1 Å². The van der Waals surface area contributed by atoms with Crippen LogP contribution >= 0.6 is 0 Å². The molecule has 0 saturated carbocycles. The monoisotopic (exact) mass is 465 g/mol. The summed E-state index contributed by atoms with van der Waals surface area (Å²) >= 11 is 0. The molecule has 1 aromatic carbocycles. The average molecular weight is 466 g/mol. The smallest absolute Gasteiger partial charge is 0.242 e. The summed E-state index contributed by atoms with van der Waals surface area (Å²) in [4.78, 5) is 19.9. The van der Waals surface area contributed by atoms with E-state index in [9.17, 15) is 4.79 Å². The fourth-order valence-electron chi connectivity index (χ4n) is 4.91. The van der Waals surface area contributed by atoms with Crippen molar-refractivity contribution in [3.8, 4) is 11.6 Å². The number of hydrogen-bond acceptors (Lipinski definition) is 6. The molecule has 0 radical (unpaired) electrons. The molecule has 2 aromatic heterocycles. The number of nitrogens with zero attached hydrogens (tertiary/aromatic N) is 4. The maximum absolute atomic E-state index is 12.7. The van der Waals surface area contributed by atoms with Gasteiger partial charge in [0, 0.05) is 44.8 Å². The van der Waals surface area contributed by atoms with Gasteiger partial charge in [0.05, 0.1) is 19.6 Å². The van der Waals surface area contributed by atoms with Crippen molar-refractivity contribution in [2.45, 2.75) is 52.1 Å². The normalized spacial score (nSPS) is 15.0. The first-order valence-corrected chi connectivity index (χ1v) is 11.9. The van der Waals surface area contributed by atoms with E-state index in [4.69, 9.17) is 14.5 Å². The summed E-state index contributed by atoms with van der Waals surface area (Å²) in [5, 5.41) is 8.58. The summed E-state index contributed by atoms with van der Waals surface area (Å²) in [5.74, 6) is 1.57. The highest BCUT2D eigenvalue weighted by atomic mass is 16.5. The van der Waals surface area contributed by atoms with Crippen molar-refractivity contribution >= 4 is 16.9 Å². The number of piperidine rings is 1. The van der Waals surface area contributed by atoms with Gasteiger partial charge in [0.1, 0.15) is 5.75 Å². The first-order valence-electron chi connectivity index (χ1n) is 11.9. The molecule has 0 atom stereocenters. The molecule has 0 aliphatic carbocycles. The number of carbonyl (C=O) groups is 1. The maximum Gasteiger partial charge on any atom is 0.242 e. The van der Waals surface area contributed by atoms with Gasteiger partial charge in [0.25, 0.3) is 0 Å². The molecule has 1 fully saturated rings. The third kappa shape index (κ3) is 5.17. The number of aryl methyl sites for hydroxylation is 3. The van der Waals surface area contributed by atoms with E-state index in [2.05, 4.69) is 34.4 Å². The molecule has 8 nitrogen and oxygen atoms in total. The van der Waals surface area contributed by atoms with Gasteiger partial charge in [-0.3, -0.25) is 9.69 Å². The fourth-order valence-corrected chi connectivity index (χ4v) is 4.91. The SMILES string of the molecule is COc1cccc(CN2CCC(NC(=O)CCc3c(C)nc4c(c(OC)nn4C)c3C)CC2)c1. The fraction of sp³-hybridized carbons (Fsp3) is 0.500. The Hall–Kier alpha value is -3.13. The zero-order chi connectivity index (χ0) is 24.2. The van der Waals surface area contributed by atoms with Gasteiger partial charge in [-0.1, -0.05) is 12.1 Å². The predicted molar refractivity (Wildman–Crippen MR) is 132 cm³/mol. The van der Waals surface area contributed by atoms with E-state index in [0.29, 0.717) is 18.7 Å². The molecule has 3 aromatic rings. The van der Waals surface area contributed by atoms with Gasteiger partial charge in [0.15, 0.2) is 5.65 Å². The van der Waals surface area contributed by atoms with Gasteiger partial charge >= 0.3 is 0 Å². The van der Waals surface area contributed by atoms with E-state index in [-0.39, 0.29) is 11.9 Å². The molecule has 1 N–H and O–H groups in total. The second-order valence-electron chi connectivity index (χ2n) is 9.10. The van der Waals surface area contributed by atoms with Crippen molar-refractivity contribution in [3.63, 3.8) is 0 Å². The molecular formula is C26H35N5O3. The Balaban J connectivity index is 1.30. The van der Waals surface area contributed by atoms with Crippen LogP contribution in [0.3, 0.4) is 0 Å². The lowest BCUT2D eigenvalue weighted by molar-refractivity contribution is -0.122. The lowest BCUT2D eigenvalue weighted by atomic mass is 9.99. The Kier molecular flexibility index (Phi) is 7.36. The highest BCUT2D eigenvalue weighted by molar-refractivity contribution is 5.86. The van der Waals surface area contributed by atoms with Crippen LogP contribution in [-0.4, -0.2) is 58.9 Å². The number of amides is 1. The Morgan fingerprint density at radius 2 is 1.94 bits per heavy atom. The molecule has 182 valence electrons. The van der Waals surface area contributed by atoms with Crippen LogP contribution in [0.5, 0.6) is 11.6 Å². The number of pyridine rings is 1. The number of methoxy groups -OCH3 is 2. The molecule has 4 rings (SSSR count). The zero-order valence-corrected chi connectivity index (χ0v) is 20.9. The quantitative estimate of drug-likeness (QED) is 0.550. The minimum atomic E-state index is 0.100. The summed E-state index contributed by atoms with van der Waals surface area (Å²) in [6.45, 7) is 6.91. The molecule has 0 bridgehead atoms. The second kappa shape index (κ2) is 10.4. The number of benzene rings is 1.